The highest BCUT2D eigenvalue weighted by atomic mass is 16.6. The van der Waals surface area contributed by atoms with E-state index in [4.69, 9.17) is 18.6 Å². The molecule has 0 unspecified atom stereocenters. The Kier molecular flexibility index (Phi) is 4.94. The molecule has 1 aliphatic heterocycles. The van der Waals surface area contributed by atoms with Gasteiger partial charge in [0.05, 0.1) is 5.52 Å². The Morgan fingerprint density at radius 1 is 1.14 bits per heavy atom. The molecule has 1 atom stereocenters. The van der Waals surface area contributed by atoms with Crippen LogP contribution in [0.1, 0.15) is 6.92 Å². The van der Waals surface area contributed by atoms with Crippen LogP contribution in [0.15, 0.2) is 51.7 Å². The van der Waals surface area contributed by atoms with Crippen molar-refractivity contribution in [2.24, 2.45) is 0 Å². The molecule has 9 nitrogen and oxygen atoms in total. The van der Waals surface area contributed by atoms with Crippen molar-refractivity contribution >= 4 is 28.7 Å². The summed E-state index contributed by atoms with van der Waals surface area (Å²) in [6.45, 7) is 1.99. The van der Waals surface area contributed by atoms with E-state index in [-0.39, 0.29) is 6.54 Å². The van der Waals surface area contributed by atoms with Gasteiger partial charge in [0.2, 0.25) is 0 Å². The van der Waals surface area contributed by atoms with Gasteiger partial charge in [0, 0.05) is 11.8 Å². The molecule has 1 N–H and O–H groups in total. The highest BCUT2D eigenvalue weighted by Crippen LogP contribution is 2.32. The van der Waals surface area contributed by atoms with Gasteiger partial charge in [-0.3, -0.25) is 14.2 Å². The maximum absolute atomic E-state index is 12.4. The molecule has 0 saturated heterocycles. The molecule has 1 amide bonds. The second kappa shape index (κ2) is 7.70. The number of esters is 1. The molecule has 29 heavy (non-hydrogen) atoms. The van der Waals surface area contributed by atoms with Gasteiger partial charge in [-0.25, -0.2) is 4.79 Å². The zero-order valence-electron chi connectivity index (χ0n) is 15.5. The van der Waals surface area contributed by atoms with E-state index in [1.807, 2.05) is 0 Å². The van der Waals surface area contributed by atoms with Crippen molar-refractivity contribution < 1.29 is 28.2 Å². The molecular weight excluding hydrogens is 380 g/mol. The summed E-state index contributed by atoms with van der Waals surface area (Å²) in [7, 11) is 0. The lowest BCUT2D eigenvalue weighted by Crippen LogP contribution is -2.32. The minimum atomic E-state index is -1.07. The first-order chi connectivity index (χ1) is 14.0. The van der Waals surface area contributed by atoms with Crippen molar-refractivity contribution in [3.63, 3.8) is 0 Å². The lowest BCUT2D eigenvalue weighted by atomic mass is 10.2. The summed E-state index contributed by atoms with van der Waals surface area (Å²) in [5, 5.41) is 2.66. The number of carbonyl (C=O) groups excluding carboxylic acids is 2. The molecule has 150 valence electrons. The molecule has 2 heterocycles. The fourth-order valence-corrected chi connectivity index (χ4v) is 2.95. The highest BCUT2D eigenvalue weighted by Gasteiger charge is 2.21. The molecule has 0 bridgehead atoms. The van der Waals surface area contributed by atoms with Gasteiger partial charge in [0.25, 0.3) is 5.91 Å². The van der Waals surface area contributed by atoms with Gasteiger partial charge in [-0.2, -0.15) is 0 Å². The monoisotopic (exact) mass is 398 g/mol. The Bertz CT molecular complexity index is 1130. The van der Waals surface area contributed by atoms with Crippen molar-refractivity contribution in [2.45, 2.75) is 19.6 Å². The first kappa shape index (κ1) is 18.6. The van der Waals surface area contributed by atoms with E-state index in [1.54, 1.807) is 42.5 Å². The molecule has 1 aliphatic rings. The summed E-state index contributed by atoms with van der Waals surface area (Å²) < 4.78 is 22.3. The van der Waals surface area contributed by atoms with E-state index < -0.39 is 23.7 Å². The number of rotatable bonds is 5. The topological polar surface area (TPSA) is 109 Å². The van der Waals surface area contributed by atoms with E-state index in [2.05, 4.69) is 5.32 Å². The number of anilines is 1. The Labute approximate surface area is 164 Å². The Balaban J connectivity index is 1.39. The highest BCUT2D eigenvalue weighted by molar-refractivity contribution is 5.95. The molecule has 2 aromatic carbocycles. The smallest absolute Gasteiger partial charge is 0.420 e. The van der Waals surface area contributed by atoms with Gasteiger partial charge in [0.1, 0.15) is 19.8 Å². The molecule has 9 heteroatoms. The minimum absolute atomic E-state index is 0.364. The zero-order chi connectivity index (χ0) is 20.4. The molecule has 0 radical (unpaired) electrons. The van der Waals surface area contributed by atoms with Crippen LogP contribution in [-0.4, -0.2) is 35.8 Å². The Morgan fingerprint density at radius 3 is 2.72 bits per heavy atom. The number of aromatic nitrogens is 1. The van der Waals surface area contributed by atoms with Crippen LogP contribution in [0.2, 0.25) is 0 Å². The van der Waals surface area contributed by atoms with Crippen LogP contribution >= 0.6 is 0 Å². The predicted molar refractivity (Wildman–Crippen MR) is 102 cm³/mol. The molecule has 0 fully saturated rings. The quantitative estimate of drug-likeness (QED) is 0.654. The molecule has 4 rings (SSSR count). The van der Waals surface area contributed by atoms with Crippen LogP contribution in [0.4, 0.5) is 5.69 Å². The van der Waals surface area contributed by atoms with Gasteiger partial charge in [-0.15, -0.1) is 0 Å². The van der Waals surface area contributed by atoms with Gasteiger partial charge in [0.15, 0.2) is 23.2 Å². The Morgan fingerprint density at radius 2 is 1.90 bits per heavy atom. The van der Waals surface area contributed by atoms with E-state index >= 15 is 0 Å². The standard InChI is InChI=1S/C20H18N2O7/c1-12(19(24)21-13-6-7-16-17(10-13)27-9-8-26-16)28-18(23)11-22-14-4-2-3-5-15(14)29-20(22)25/h2-7,10,12H,8-9,11H2,1H3,(H,21,24)/t12-/m1/s1. The van der Waals surface area contributed by atoms with Crippen molar-refractivity contribution in [3.05, 3.63) is 53.0 Å². The molecule has 3 aromatic rings. The summed E-state index contributed by atoms with van der Waals surface area (Å²) in [6, 6.07) is 11.7. The number of carbonyl (C=O) groups is 2. The van der Waals surface area contributed by atoms with Crippen molar-refractivity contribution in [3.8, 4) is 11.5 Å². The first-order valence-corrected chi connectivity index (χ1v) is 8.99. The minimum Gasteiger partial charge on any atom is -0.486 e. The van der Waals surface area contributed by atoms with E-state index in [9.17, 15) is 14.4 Å². The third kappa shape index (κ3) is 3.93. The fourth-order valence-electron chi connectivity index (χ4n) is 2.95. The van der Waals surface area contributed by atoms with Gasteiger partial charge in [-0.05, 0) is 31.2 Å². The number of fused-ring (bicyclic) bond motifs is 2. The number of ether oxygens (including phenoxy) is 3. The number of para-hydroxylation sites is 2. The number of amides is 1. The van der Waals surface area contributed by atoms with E-state index in [0.29, 0.717) is 41.5 Å². The number of hydrogen-bond acceptors (Lipinski definition) is 7. The zero-order valence-corrected chi connectivity index (χ0v) is 15.5. The molecular formula is C20H18N2O7. The number of nitrogens with zero attached hydrogens (tertiary/aromatic N) is 1. The first-order valence-electron chi connectivity index (χ1n) is 8.99. The van der Waals surface area contributed by atoms with Gasteiger partial charge < -0.3 is 23.9 Å². The fraction of sp³-hybridized carbons (Fsp3) is 0.250. The third-order valence-electron chi connectivity index (χ3n) is 4.35. The summed E-state index contributed by atoms with van der Waals surface area (Å²) in [6.07, 6.45) is -1.07. The molecule has 0 spiro atoms. The largest absolute Gasteiger partial charge is 0.486 e. The molecule has 1 aromatic heterocycles. The number of nitrogens with one attached hydrogen (secondary N) is 1. The van der Waals surface area contributed by atoms with Crippen molar-refractivity contribution in [1.29, 1.82) is 0 Å². The lowest BCUT2D eigenvalue weighted by Gasteiger charge is -2.19. The molecule has 0 saturated carbocycles. The second-order valence-electron chi connectivity index (χ2n) is 6.40. The van der Waals surface area contributed by atoms with Crippen LogP contribution in [0.3, 0.4) is 0 Å². The SMILES string of the molecule is C[C@@H](OC(=O)Cn1c(=O)oc2ccccc21)C(=O)Nc1ccc2c(c1)OCCO2. The number of oxazole rings is 1. The van der Waals surface area contributed by atoms with Crippen LogP contribution in [0, 0.1) is 0 Å². The van der Waals surface area contributed by atoms with Crippen molar-refractivity contribution in [2.75, 3.05) is 18.5 Å². The number of benzene rings is 2. The summed E-state index contributed by atoms with van der Waals surface area (Å²) >= 11 is 0. The third-order valence-corrected chi connectivity index (χ3v) is 4.35. The van der Waals surface area contributed by atoms with Crippen LogP contribution in [0.5, 0.6) is 11.5 Å². The summed E-state index contributed by atoms with van der Waals surface area (Å²) in [5.74, 6) is -0.782. The molecule has 0 aliphatic carbocycles. The second-order valence-corrected chi connectivity index (χ2v) is 6.40. The van der Waals surface area contributed by atoms with Crippen LogP contribution < -0.4 is 20.5 Å². The summed E-state index contributed by atoms with van der Waals surface area (Å²) in [4.78, 5) is 36.5. The maximum atomic E-state index is 12.4. The maximum Gasteiger partial charge on any atom is 0.420 e. The van der Waals surface area contributed by atoms with E-state index in [1.165, 1.54) is 6.92 Å². The van der Waals surface area contributed by atoms with Gasteiger partial charge in [-0.1, -0.05) is 12.1 Å². The average Bonchev–Trinajstić information content (AvgIpc) is 3.03. The predicted octanol–water partition coefficient (Wildman–Crippen LogP) is 1.94. The normalized spacial score (nSPS) is 13.7. The average molecular weight is 398 g/mol. The lowest BCUT2D eigenvalue weighted by molar-refractivity contribution is -0.153. The number of hydrogen-bond donors (Lipinski definition) is 1. The Hall–Kier alpha value is -3.75. The van der Waals surface area contributed by atoms with Gasteiger partial charge >= 0.3 is 11.7 Å². The van der Waals surface area contributed by atoms with Crippen molar-refractivity contribution in [1.82, 2.24) is 4.57 Å². The van der Waals surface area contributed by atoms with Crippen LogP contribution in [-0.2, 0) is 20.9 Å². The van der Waals surface area contributed by atoms with Crippen LogP contribution in [0.25, 0.3) is 11.1 Å². The summed E-state index contributed by atoms with van der Waals surface area (Å²) in [5.41, 5.74) is 1.33. The van der Waals surface area contributed by atoms with E-state index in [0.717, 1.165) is 4.57 Å².